The average molecular weight is 403 g/mol. The molecule has 5 rings (SSSR count). The van der Waals surface area contributed by atoms with Crippen LogP contribution in [0.5, 0.6) is 0 Å². The lowest BCUT2D eigenvalue weighted by Crippen LogP contribution is -2.59. The lowest BCUT2D eigenvalue weighted by molar-refractivity contribution is -0.149. The summed E-state index contributed by atoms with van der Waals surface area (Å²) in [5.41, 5.74) is 7.73. The van der Waals surface area contributed by atoms with Crippen molar-refractivity contribution in [2.24, 2.45) is 28.4 Å². The molecule has 3 N–H and O–H groups in total. The first-order valence-corrected chi connectivity index (χ1v) is 11.3. The highest BCUT2D eigenvalue weighted by atomic mass is 35.5. The summed E-state index contributed by atoms with van der Waals surface area (Å²) in [6, 6.07) is 8.52. The molecule has 0 radical (unpaired) electrons. The van der Waals surface area contributed by atoms with Crippen molar-refractivity contribution in [2.75, 3.05) is 6.54 Å². The average Bonchev–Trinajstić information content (AvgIpc) is 2.60. The van der Waals surface area contributed by atoms with Crippen molar-refractivity contribution >= 4 is 17.5 Å². The largest absolute Gasteiger partial charge is 0.356 e. The Kier molecular flexibility index (Phi) is 5.07. The van der Waals surface area contributed by atoms with Crippen molar-refractivity contribution in [3.05, 3.63) is 34.9 Å². The Bertz CT molecular complexity index is 722. The van der Waals surface area contributed by atoms with Crippen LogP contribution in [-0.4, -0.2) is 18.5 Å². The SMILES string of the molecule is CC(C)(C)C(N)CCNC(=O)C12CC3CC(C1)CC(c1ccc(Cl)cc1)(C3)C2. The molecule has 28 heavy (non-hydrogen) atoms. The Morgan fingerprint density at radius 3 is 2.36 bits per heavy atom. The van der Waals surface area contributed by atoms with Crippen molar-refractivity contribution in [1.29, 1.82) is 0 Å². The summed E-state index contributed by atoms with van der Waals surface area (Å²) in [6.45, 7) is 7.17. The fraction of sp³-hybridized carbons (Fsp3) is 0.708. The van der Waals surface area contributed by atoms with Crippen LogP contribution in [-0.2, 0) is 10.2 Å². The number of hydrogen-bond acceptors (Lipinski definition) is 2. The Morgan fingerprint density at radius 2 is 1.79 bits per heavy atom. The van der Waals surface area contributed by atoms with Crippen LogP contribution < -0.4 is 11.1 Å². The Labute approximate surface area is 174 Å². The van der Waals surface area contributed by atoms with Gasteiger partial charge in [-0.2, -0.15) is 0 Å². The van der Waals surface area contributed by atoms with Gasteiger partial charge in [-0.15, -0.1) is 0 Å². The molecule has 3 nitrogen and oxygen atoms in total. The highest BCUT2D eigenvalue weighted by Crippen LogP contribution is 2.65. The van der Waals surface area contributed by atoms with E-state index in [-0.39, 0.29) is 28.2 Å². The lowest BCUT2D eigenvalue weighted by Gasteiger charge is -2.61. The van der Waals surface area contributed by atoms with Gasteiger partial charge >= 0.3 is 0 Å². The van der Waals surface area contributed by atoms with Crippen LogP contribution in [0.3, 0.4) is 0 Å². The summed E-state index contributed by atoms with van der Waals surface area (Å²) >= 11 is 6.14. The first-order valence-electron chi connectivity index (χ1n) is 10.9. The van der Waals surface area contributed by atoms with Crippen LogP contribution in [0, 0.1) is 22.7 Å². The van der Waals surface area contributed by atoms with E-state index in [4.69, 9.17) is 17.3 Å². The molecule has 0 spiro atoms. The number of carbonyl (C=O) groups is 1. The molecule has 1 aromatic rings. The molecule has 3 atom stereocenters. The maximum Gasteiger partial charge on any atom is 0.226 e. The summed E-state index contributed by atoms with van der Waals surface area (Å²) in [5, 5.41) is 4.07. The number of benzene rings is 1. The molecule has 1 aromatic carbocycles. The van der Waals surface area contributed by atoms with Crippen LogP contribution in [0.4, 0.5) is 0 Å². The van der Waals surface area contributed by atoms with Gasteiger partial charge in [0.2, 0.25) is 5.91 Å². The fourth-order valence-corrected chi connectivity index (χ4v) is 6.76. The van der Waals surface area contributed by atoms with Gasteiger partial charge in [0.1, 0.15) is 0 Å². The molecule has 154 valence electrons. The van der Waals surface area contributed by atoms with E-state index in [0.29, 0.717) is 18.4 Å². The summed E-state index contributed by atoms with van der Waals surface area (Å²) in [5.74, 6) is 1.64. The molecule has 0 aromatic heterocycles. The molecule has 1 amide bonds. The van der Waals surface area contributed by atoms with Crippen LogP contribution in [0.15, 0.2) is 24.3 Å². The minimum atomic E-state index is -0.185. The second-order valence-electron chi connectivity index (χ2n) is 11.0. The molecule has 4 fully saturated rings. The van der Waals surface area contributed by atoms with Gasteiger partial charge in [0, 0.05) is 17.6 Å². The summed E-state index contributed by atoms with van der Waals surface area (Å²) < 4.78 is 0. The molecule has 0 aliphatic heterocycles. The van der Waals surface area contributed by atoms with Crippen molar-refractivity contribution in [1.82, 2.24) is 5.32 Å². The second kappa shape index (κ2) is 7.02. The van der Waals surface area contributed by atoms with Gasteiger partial charge in [-0.3, -0.25) is 4.79 Å². The number of amides is 1. The summed E-state index contributed by atoms with van der Waals surface area (Å²) in [6.07, 6.45) is 7.72. The number of halogens is 1. The van der Waals surface area contributed by atoms with Gasteiger partial charge in [0.05, 0.1) is 5.41 Å². The smallest absolute Gasteiger partial charge is 0.226 e. The van der Waals surface area contributed by atoms with Gasteiger partial charge in [0.25, 0.3) is 0 Å². The number of nitrogens with one attached hydrogen (secondary N) is 1. The Balaban J connectivity index is 1.50. The zero-order chi connectivity index (χ0) is 20.2. The van der Waals surface area contributed by atoms with E-state index >= 15 is 0 Å². The maximum absolute atomic E-state index is 13.4. The number of nitrogens with two attached hydrogens (primary N) is 1. The second-order valence-corrected chi connectivity index (χ2v) is 11.5. The van der Waals surface area contributed by atoms with Crippen LogP contribution in [0.1, 0.15) is 71.3 Å². The quantitative estimate of drug-likeness (QED) is 0.723. The van der Waals surface area contributed by atoms with E-state index in [1.54, 1.807) is 0 Å². The first-order chi connectivity index (χ1) is 13.1. The third-order valence-electron chi connectivity index (χ3n) is 7.85. The molecular formula is C24H35ClN2O. The Hall–Kier alpha value is -1.06. The molecular weight excluding hydrogens is 368 g/mol. The summed E-state index contributed by atoms with van der Waals surface area (Å²) in [7, 11) is 0. The molecule has 4 bridgehead atoms. The highest BCUT2D eigenvalue weighted by Gasteiger charge is 2.60. The standard InChI is InChI=1S/C24H35ClN2O/c1-22(2,3)20(26)8-9-27-21(28)24-13-16-10-17(14-24)12-23(11-16,15-24)18-4-6-19(25)7-5-18/h4-7,16-17,20H,8-15,26H2,1-3H3,(H,27,28). The first kappa shape index (κ1) is 20.2. The fourth-order valence-electron chi connectivity index (χ4n) is 6.63. The van der Waals surface area contributed by atoms with E-state index in [1.807, 2.05) is 12.1 Å². The van der Waals surface area contributed by atoms with E-state index in [2.05, 4.69) is 38.2 Å². The molecule has 4 aliphatic rings. The van der Waals surface area contributed by atoms with Gasteiger partial charge in [-0.05, 0) is 85.3 Å². The van der Waals surface area contributed by atoms with E-state index in [9.17, 15) is 4.79 Å². The molecule has 0 saturated heterocycles. The number of rotatable bonds is 5. The van der Waals surface area contributed by atoms with E-state index in [1.165, 1.54) is 24.8 Å². The third kappa shape index (κ3) is 3.61. The molecule has 4 aliphatic carbocycles. The predicted octanol–water partition coefficient (Wildman–Crippen LogP) is 5.06. The Morgan fingerprint density at radius 1 is 1.18 bits per heavy atom. The van der Waals surface area contributed by atoms with Crippen molar-refractivity contribution in [3.63, 3.8) is 0 Å². The molecule has 4 heteroatoms. The zero-order valence-electron chi connectivity index (χ0n) is 17.6. The van der Waals surface area contributed by atoms with E-state index in [0.717, 1.165) is 30.7 Å². The van der Waals surface area contributed by atoms with E-state index < -0.39 is 0 Å². The molecule has 3 unspecified atom stereocenters. The minimum absolute atomic E-state index is 0.0735. The number of hydrogen-bond donors (Lipinski definition) is 2. The molecule has 0 heterocycles. The van der Waals surface area contributed by atoms with Crippen molar-refractivity contribution in [3.8, 4) is 0 Å². The van der Waals surface area contributed by atoms with Gasteiger partial charge < -0.3 is 11.1 Å². The van der Waals surface area contributed by atoms with Crippen molar-refractivity contribution < 1.29 is 4.79 Å². The predicted molar refractivity (Wildman–Crippen MR) is 115 cm³/mol. The van der Waals surface area contributed by atoms with Crippen molar-refractivity contribution in [2.45, 2.75) is 77.2 Å². The van der Waals surface area contributed by atoms with Gasteiger partial charge in [-0.1, -0.05) is 44.5 Å². The zero-order valence-corrected chi connectivity index (χ0v) is 18.3. The maximum atomic E-state index is 13.4. The minimum Gasteiger partial charge on any atom is -0.356 e. The summed E-state index contributed by atoms with van der Waals surface area (Å²) in [4.78, 5) is 13.4. The van der Waals surface area contributed by atoms with Gasteiger partial charge in [0.15, 0.2) is 0 Å². The topological polar surface area (TPSA) is 55.1 Å². The number of carbonyl (C=O) groups excluding carboxylic acids is 1. The monoisotopic (exact) mass is 402 g/mol. The van der Waals surface area contributed by atoms with Gasteiger partial charge in [-0.25, -0.2) is 0 Å². The van der Waals surface area contributed by atoms with Crippen LogP contribution >= 0.6 is 11.6 Å². The molecule has 4 saturated carbocycles. The third-order valence-corrected chi connectivity index (χ3v) is 8.10. The van der Waals surface area contributed by atoms with Crippen LogP contribution in [0.2, 0.25) is 5.02 Å². The normalized spacial score (nSPS) is 35.0. The van der Waals surface area contributed by atoms with Crippen LogP contribution in [0.25, 0.3) is 0 Å². The lowest BCUT2D eigenvalue weighted by atomic mass is 9.42. The highest BCUT2D eigenvalue weighted by molar-refractivity contribution is 6.30.